The first-order valence-electron chi connectivity index (χ1n) is 14.3. The molecule has 1 N–H and O–H groups in total. The summed E-state index contributed by atoms with van der Waals surface area (Å²) in [6.45, 7) is 11.1. The van der Waals surface area contributed by atoms with E-state index in [1.54, 1.807) is 0 Å². The smallest absolute Gasteiger partial charge is 0.242 e. The van der Waals surface area contributed by atoms with Crippen LogP contribution in [0.4, 0.5) is 17.1 Å². The number of halogens is 1. The Morgan fingerprint density at radius 1 is 1.00 bits per heavy atom. The van der Waals surface area contributed by atoms with Crippen LogP contribution in [0.3, 0.4) is 0 Å². The molecule has 41 heavy (non-hydrogen) atoms. The van der Waals surface area contributed by atoms with Gasteiger partial charge < -0.3 is 24.4 Å². The number of carbonyl (C=O) groups is 2. The van der Waals surface area contributed by atoms with Crippen LogP contribution in [0.5, 0.6) is 0 Å². The molecule has 1 aromatic heterocycles. The van der Waals surface area contributed by atoms with Gasteiger partial charge in [-0.1, -0.05) is 43.6 Å². The number of carbonyl (C=O) groups excluding carboxylic acids is 2. The standard InChI is InChI=1S/C33H37ClN4O3/c1-21-9-11-23(34)17-27(21)36-13-15-37(16-14-36)30(40)20-38-26-8-6-5-7-24(26)35-25-18-33(3,4)19-28(39)31(25)32(38)29-12-10-22(2)41-29/h5-12,17,32,35H,13-16,18-20H2,1-4H3. The number of ketones is 1. The van der Waals surface area contributed by atoms with E-state index in [2.05, 4.69) is 35.9 Å². The fraction of sp³-hybridized carbons (Fsp3) is 0.394. The second-order valence-corrected chi connectivity index (χ2v) is 12.7. The summed E-state index contributed by atoms with van der Waals surface area (Å²) in [5.41, 5.74) is 5.51. The molecule has 8 heteroatoms. The van der Waals surface area contributed by atoms with Gasteiger partial charge in [-0.05, 0) is 67.6 Å². The Morgan fingerprint density at radius 3 is 2.49 bits per heavy atom. The van der Waals surface area contributed by atoms with Crippen LogP contribution in [0, 0.1) is 19.3 Å². The third-order valence-corrected chi connectivity index (χ3v) is 8.72. The molecule has 1 saturated heterocycles. The van der Waals surface area contributed by atoms with Crippen molar-refractivity contribution >= 4 is 40.4 Å². The van der Waals surface area contributed by atoms with Crippen molar-refractivity contribution in [1.82, 2.24) is 4.90 Å². The summed E-state index contributed by atoms with van der Waals surface area (Å²) >= 11 is 6.28. The number of fused-ring (bicyclic) bond motifs is 1. The average Bonchev–Trinajstić information content (AvgIpc) is 3.31. The van der Waals surface area contributed by atoms with Crippen LogP contribution in [-0.4, -0.2) is 49.3 Å². The van der Waals surface area contributed by atoms with E-state index >= 15 is 0 Å². The number of aryl methyl sites for hydroxylation is 2. The van der Waals surface area contributed by atoms with Gasteiger partial charge in [0.05, 0.1) is 17.9 Å². The van der Waals surface area contributed by atoms with Crippen molar-refractivity contribution < 1.29 is 14.0 Å². The molecular formula is C33H37ClN4O3. The molecule has 0 radical (unpaired) electrons. The van der Waals surface area contributed by atoms with Crippen molar-refractivity contribution in [3.63, 3.8) is 0 Å². The van der Waals surface area contributed by atoms with Gasteiger partial charge in [-0.2, -0.15) is 0 Å². The van der Waals surface area contributed by atoms with Crippen LogP contribution in [0.15, 0.2) is 70.3 Å². The lowest BCUT2D eigenvalue weighted by Crippen LogP contribution is -2.52. The third kappa shape index (κ3) is 5.35. The molecule has 214 valence electrons. The number of furan rings is 1. The number of allylic oxidation sites excluding steroid dienone is 1. The van der Waals surface area contributed by atoms with E-state index in [0.29, 0.717) is 35.9 Å². The summed E-state index contributed by atoms with van der Waals surface area (Å²) in [6.07, 6.45) is 1.19. The molecule has 3 aromatic rings. The number of rotatable bonds is 4. The molecule has 1 atom stereocenters. The third-order valence-electron chi connectivity index (χ3n) is 8.48. The van der Waals surface area contributed by atoms with E-state index in [0.717, 1.165) is 48.0 Å². The first-order valence-corrected chi connectivity index (χ1v) is 14.7. The molecule has 2 aliphatic heterocycles. The van der Waals surface area contributed by atoms with E-state index in [-0.39, 0.29) is 23.7 Å². The topological polar surface area (TPSA) is 69.0 Å². The highest BCUT2D eigenvalue weighted by Crippen LogP contribution is 2.48. The lowest BCUT2D eigenvalue weighted by Gasteiger charge is -2.39. The molecule has 0 bridgehead atoms. The van der Waals surface area contributed by atoms with Crippen molar-refractivity contribution in [1.29, 1.82) is 0 Å². The zero-order valence-electron chi connectivity index (χ0n) is 24.2. The quantitative estimate of drug-likeness (QED) is 0.384. The second kappa shape index (κ2) is 10.6. The van der Waals surface area contributed by atoms with E-state index in [4.69, 9.17) is 16.0 Å². The van der Waals surface area contributed by atoms with Gasteiger partial charge in [0.1, 0.15) is 17.6 Å². The van der Waals surface area contributed by atoms with Crippen molar-refractivity contribution in [3.05, 3.63) is 88.0 Å². The predicted molar refractivity (Wildman–Crippen MR) is 164 cm³/mol. The number of nitrogens with one attached hydrogen (secondary N) is 1. The van der Waals surface area contributed by atoms with E-state index < -0.39 is 6.04 Å². The zero-order valence-corrected chi connectivity index (χ0v) is 24.9. The molecule has 1 amide bonds. The lowest BCUT2D eigenvalue weighted by atomic mass is 9.74. The Morgan fingerprint density at radius 2 is 1.76 bits per heavy atom. The number of para-hydroxylation sites is 2. The summed E-state index contributed by atoms with van der Waals surface area (Å²) in [6, 6.07) is 17.3. The predicted octanol–water partition coefficient (Wildman–Crippen LogP) is 6.52. The minimum absolute atomic E-state index is 0.0307. The number of hydrogen-bond donors (Lipinski definition) is 1. The molecular weight excluding hydrogens is 536 g/mol. The monoisotopic (exact) mass is 572 g/mol. The first kappa shape index (κ1) is 27.5. The maximum atomic E-state index is 14.0. The number of anilines is 3. The highest BCUT2D eigenvalue weighted by atomic mass is 35.5. The van der Waals surface area contributed by atoms with Gasteiger partial charge in [0.15, 0.2) is 5.78 Å². The van der Waals surface area contributed by atoms with Crippen LogP contribution in [0.25, 0.3) is 0 Å². The number of hydrogen-bond acceptors (Lipinski definition) is 6. The van der Waals surface area contributed by atoms with E-state index in [1.165, 1.54) is 5.56 Å². The lowest BCUT2D eigenvalue weighted by molar-refractivity contribution is -0.130. The Labute approximate surface area is 246 Å². The molecule has 6 rings (SSSR count). The maximum Gasteiger partial charge on any atom is 0.242 e. The van der Waals surface area contributed by atoms with Crippen molar-refractivity contribution in [2.24, 2.45) is 5.41 Å². The van der Waals surface area contributed by atoms with E-state index in [1.807, 2.05) is 66.4 Å². The van der Waals surface area contributed by atoms with Crippen LogP contribution in [0.1, 0.15) is 49.8 Å². The average molecular weight is 573 g/mol. The van der Waals surface area contributed by atoms with Gasteiger partial charge in [0.2, 0.25) is 5.91 Å². The number of amides is 1. The summed E-state index contributed by atoms with van der Waals surface area (Å²) < 4.78 is 6.19. The summed E-state index contributed by atoms with van der Waals surface area (Å²) in [4.78, 5) is 34.1. The Bertz CT molecular complexity index is 1530. The van der Waals surface area contributed by atoms with Gasteiger partial charge in [-0.3, -0.25) is 9.59 Å². The maximum absolute atomic E-state index is 14.0. The summed E-state index contributed by atoms with van der Waals surface area (Å²) in [7, 11) is 0. The van der Waals surface area contributed by atoms with Crippen molar-refractivity contribution in [2.45, 2.75) is 46.6 Å². The zero-order chi connectivity index (χ0) is 28.9. The molecule has 1 fully saturated rings. The molecule has 1 aliphatic carbocycles. The largest absolute Gasteiger partial charge is 0.464 e. The minimum atomic E-state index is -0.502. The van der Waals surface area contributed by atoms with E-state index in [9.17, 15) is 9.59 Å². The van der Waals surface area contributed by atoms with Crippen LogP contribution < -0.4 is 15.1 Å². The normalized spacial score (nSPS) is 20.4. The van der Waals surface area contributed by atoms with Gasteiger partial charge >= 0.3 is 0 Å². The number of piperazine rings is 1. The fourth-order valence-electron chi connectivity index (χ4n) is 6.49. The Kier molecular flexibility index (Phi) is 7.10. The molecule has 0 saturated carbocycles. The highest BCUT2D eigenvalue weighted by molar-refractivity contribution is 6.30. The van der Waals surface area contributed by atoms with Crippen LogP contribution in [0.2, 0.25) is 5.02 Å². The molecule has 3 heterocycles. The van der Waals surface area contributed by atoms with Crippen molar-refractivity contribution in [2.75, 3.05) is 47.8 Å². The van der Waals surface area contributed by atoms with Crippen molar-refractivity contribution in [3.8, 4) is 0 Å². The summed E-state index contributed by atoms with van der Waals surface area (Å²) in [5.74, 6) is 1.58. The van der Waals surface area contributed by atoms with Crippen LogP contribution in [-0.2, 0) is 9.59 Å². The van der Waals surface area contributed by atoms with Gasteiger partial charge in [0.25, 0.3) is 0 Å². The van der Waals surface area contributed by atoms with Gasteiger partial charge in [0, 0.05) is 54.6 Å². The Hall–Kier alpha value is -3.71. The fourth-order valence-corrected chi connectivity index (χ4v) is 6.66. The van der Waals surface area contributed by atoms with Gasteiger partial charge in [-0.25, -0.2) is 0 Å². The second-order valence-electron chi connectivity index (χ2n) is 12.3. The Balaban J connectivity index is 1.32. The van der Waals surface area contributed by atoms with Crippen LogP contribution >= 0.6 is 11.6 Å². The van der Waals surface area contributed by atoms with Gasteiger partial charge in [-0.15, -0.1) is 0 Å². The molecule has 1 unspecified atom stereocenters. The SMILES string of the molecule is Cc1ccc(C2C3=C(CC(C)(C)CC3=O)Nc3ccccc3N2CC(=O)N2CCN(c3cc(Cl)ccc3C)CC2)o1. The number of Topliss-reactive ketones (excluding diaryl/α,β-unsaturated/α-hetero) is 1. The highest BCUT2D eigenvalue weighted by Gasteiger charge is 2.43. The first-order chi connectivity index (χ1) is 19.6. The molecule has 0 spiro atoms. The number of benzene rings is 2. The molecule has 3 aliphatic rings. The molecule has 7 nitrogen and oxygen atoms in total. The number of nitrogens with zero attached hydrogens (tertiary/aromatic N) is 3. The minimum Gasteiger partial charge on any atom is -0.464 e. The molecule has 2 aromatic carbocycles. The summed E-state index contributed by atoms with van der Waals surface area (Å²) in [5, 5.41) is 4.32.